The van der Waals surface area contributed by atoms with Crippen LogP contribution in [0.4, 0.5) is 57.1 Å². The predicted octanol–water partition coefficient (Wildman–Crippen LogP) is 2.86. The topological polar surface area (TPSA) is 48.1 Å². The first kappa shape index (κ1) is 29.0. The molecule has 4 nitrogen and oxygen atoms in total. The van der Waals surface area contributed by atoms with Gasteiger partial charge in [0.25, 0.3) is 0 Å². The van der Waals surface area contributed by atoms with Gasteiger partial charge in [0.05, 0.1) is 0 Å². The molecule has 32 heavy (non-hydrogen) atoms. The molecule has 0 bridgehead atoms. The molecule has 1 saturated heterocycles. The second kappa shape index (κ2) is 10.0. The fourth-order valence-electron chi connectivity index (χ4n) is 2.70. The fourth-order valence-corrected chi connectivity index (χ4v) is 2.70. The summed E-state index contributed by atoms with van der Waals surface area (Å²) in [4.78, 5) is 0. The third kappa shape index (κ3) is 5.70. The minimum Gasteiger partial charge on any atom is -0.314 e. The third-order valence-electron chi connectivity index (χ3n) is 4.58. The molecular weight excluding hydrogens is 483 g/mol. The molecule has 0 aromatic heterocycles. The molecule has 1 rings (SSSR count). The van der Waals surface area contributed by atoms with Crippen LogP contribution in [0.1, 0.15) is 6.42 Å². The summed E-state index contributed by atoms with van der Waals surface area (Å²) in [5.41, 5.74) is 0. The molecule has 0 amide bonds. The van der Waals surface area contributed by atoms with Crippen LogP contribution in [0.5, 0.6) is 0 Å². The minimum atomic E-state index is -7.88. The lowest BCUT2D eigenvalue weighted by molar-refractivity contribution is -0.440. The maximum Gasteiger partial charge on any atom is 0.460 e. The Morgan fingerprint density at radius 1 is 0.500 bits per heavy atom. The summed E-state index contributed by atoms with van der Waals surface area (Å²) >= 11 is 0. The van der Waals surface area contributed by atoms with Gasteiger partial charge in [-0.2, -0.15) is 57.1 Å². The van der Waals surface area contributed by atoms with Gasteiger partial charge in [-0.15, -0.1) is 0 Å². The van der Waals surface area contributed by atoms with Crippen molar-refractivity contribution in [2.24, 2.45) is 0 Å². The number of rotatable bonds is 6. The van der Waals surface area contributed by atoms with Crippen LogP contribution in [0.15, 0.2) is 0 Å². The third-order valence-corrected chi connectivity index (χ3v) is 4.58. The Morgan fingerprint density at radius 2 is 0.906 bits per heavy atom. The van der Waals surface area contributed by atoms with Crippen LogP contribution in [0, 0.1) is 0 Å². The van der Waals surface area contributed by atoms with Crippen molar-refractivity contribution in [1.82, 2.24) is 21.3 Å². The Labute approximate surface area is 173 Å². The standard InChI is InChI=1S/C15H21F13N4/c16-10(17,7-9-8-31-4-3-29-1-2-30-5-6-32-9)11(18,19)12(20,21)13(22,23)14(24,25)15(26,27)28/h9,29-32H,1-8H2. The highest BCUT2D eigenvalue weighted by atomic mass is 19.4. The lowest BCUT2D eigenvalue weighted by Gasteiger charge is -2.40. The molecule has 1 unspecified atom stereocenters. The van der Waals surface area contributed by atoms with E-state index in [4.69, 9.17) is 0 Å². The molecule has 0 aromatic rings. The van der Waals surface area contributed by atoms with E-state index in [2.05, 4.69) is 21.3 Å². The van der Waals surface area contributed by atoms with Crippen molar-refractivity contribution in [3.63, 3.8) is 0 Å². The van der Waals surface area contributed by atoms with E-state index in [0.717, 1.165) is 0 Å². The van der Waals surface area contributed by atoms with Crippen LogP contribution < -0.4 is 21.3 Å². The number of hydrogen-bond acceptors (Lipinski definition) is 4. The Morgan fingerprint density at radius 3 is 1.38 bits per heavy atom. The summed E-state index contributed by atoms with van der Waals surface area (Å²) in [6, 6.07) is -1.75. The number of alkyl halides is 13. The van der Waals surface area contributed by atoms with Crippen LogP contribution in [0.2, 0.25) is 0 Å². The van der Waals surface area contributed by atoms with Gasteiger partial charge >= 0.3 is 35.8 Å². The first-order valence-electron chi connectivity index (χ1n) is 9.14. The van der Waals surface area contributed by atoms with Gasteiger partial charge in [-0.05, 0) is 0 Å². The van der Waals surface area contributed by atoms with Crippen molar-refractivity contribution >= 4 is 0 Å². The van der Waals surface area contributed by atoms with E-state index in [1.807, 2.05) is 0 Å². The highest BCUT2D eigenvalue weighted by molar-refractivity contribution is 5.10. The van der Waals surface area contributed by atoms with Gasteiger partial charge in [0.1, 0.15) is 0 Å². The Kier molecular flexibility index (Phi) is 9.09. The Hall–Kier alpha value is -1.07. The molecule has 1 aliphatic rings. The Balaban J connectivity index is 3.13. The average molecular weight is 504 g/mol. The fraction of sp³-hybridized carbons (Fsp3) is 1.00. The number of nitrogens with one attached hydrogen (secondary N) is 4. The smallest absolute Gasteiger partial charge is 0.314 e. The van der Waals surface area contributed by atoms with Crippen LogP contribution in [0.25, 0.3) is 0 Å². The van der Waals surface area contributed by atoms with E-state index in [1.165, 1.54) is 0 Å². The highest BCUT2D eigenvalue weighted by Gasteiger charge is 2.90. The molecule has 4 N–H and O–H groups in total. The van der Waals surface area contributed by atoms with E-state index in [9.17, 15) is 57.1 Å². The highest BCUT2D eigenvalue weighted by Crippen LogP contribution is 2.60. The molecule has 1 heterocycles. The second-order valence-electron chi connectivity index (χ2n) is 7.06. The minimum absolute atomic E-state index is 0.103. The van der Waals surface area contributed by atoms with E-state index in [-0.39, 0.29) is 26.2 Å². The summed E-state index contributed by atoms with van der Waals surface area (Å²) in [6.07, 6.45) is -9.67. The largest absolute Gasteiger partial charge is 0.460 e. The lowest BCUT2D eigenvalue weighted by Crippen LogP contribution is -2.70. The van der Waals surface area contributed by atoms with Gasteiger partial charge in [-0.3, -0.25) is 0 Å². The number of halogens is 13. The Bertz CT molecular complexity index is 582. The maximum absolute atomic E-state index is 14.1. The molecule has 0 aliphatic carbocycles. The molecular formula is C15H21F13N4. The lowest BCUT2D eigenvalue weighted by atomic mass is 9.91. The predicted molar refractivity (Wildman–Crippen MR) is 85.8 cm³/mol. The van der Waals surface area contributed by atoms with Crippen molar-refractivity contribution in [1.29, 1.82) is 0 Å². The average Bonchev–Trinajstić information content (AvgIpc) is 2.62. The second-order valence-corrected chi connectivity index (χ2v) is 7.06. The van der Waals surface area contributed by atoms with Gasteiger partial charge < -0.3 is 21.3 Å². The molecule has 1 aliphatic heterocycles. The summed E-state index contributed by atoms with van der Waals surface area (Å²) in [7, 11) is 0. The van der Waals surface area contributed by atoms with Crippen LogP contribution in [-0.2, 0) is 0 Å². The SMILES string of the molecule is FC(F)(F)C(F)(F)C(F)(F)C(F)(F)C(F)(F)C(F)(F)CC1CNCCNCCNCCN1. The zero-order chi connectivity index (χ0) is 25.1. The van der Waals surface area contributed by atoms with Crippen molar-refractivity contribution < 1.29 is 57.1 Å². The van der Waals surface area contributed by atoms with Crippen LogP contribution >= 0.6 is 0 Å². The van der Waals surface area contributed by atoms with Gasteiger partial charge in [-0.25, -0.2) is 0 Å². The summed E-state index contributed by atoms with van der Waals surface area (Å²) in [5, 5.41) is 10.5. The van der Waals surface area contributed by atoms with Crippen molar-refractivity contribution in [2.75, 3.05) is 45.8 Å². The molecule has 1 atom stereocenters. The zero-order valence-electron chi connectivity index (χ0n) is 16.1. The molecule has 1 fully saturated rings. The van der Waals surface area contributed by atoms with E-state index < -0.39 is 54.8 Å². The van der Waals surface area contributed by atoms with Gasteiger partial charge in [0.2, 0.25) is 0 Å². The molecule has 0 radical (unpaired) electrons. The van der Waals surface area contributed by atoms with E-state index >= 15 is 0 Å². The molecule has 192 valence electrons. The zero-order valence-corrected chi connectivity index (χ0v) is 16.1. The van der Waals surface area contributed by atoms with Crippen molar-refractivity contribution in [3.05, 3.63) is 0 Å². The quantitative estimate of drug-likeness (QED) is 0.421. The maximum atomic E-state index is 14.1. The summed E-state index contributed by atoms with van der Waals surface area (Å²) in [6.45, 7) is 0.743. The monoisotopic (exact) mass is 504 g/mol. The van der Waals surface area contributed by atoms with Crippen LogP contribution in [0.3, 0.4) is 0 Å². The number of hydrogen-bond donors (Lipinski definition) is 4. The van der Waals surface area contributed by atoms with Crippen molar-refractivity contribution in [2.45, 2.75) is 48.3 Å². The summed E-state index contributed by atoms with van der Waals surface area (Å²) in [5.74, 6) is -36.7. The molecule has 0 spiro atoms. The summed E-state index contributed by atoms with van der Waals surface area (Å²) < 4.78 is 172. The van der Waals surface area contributed by atoms with Gasteiger partial charge in [0, 0.05) is 58.3 Å². The van der Waals surface area contributed by atoms with E-state index in [0.29, 0.717) is 13.1 Å². The van der Waals surface area contributed by atoms with Crippen molar-refractivity contribution in [3.8, 4) is 0 Å². The first-order chi connectivity index (χ1) is 14.3. The first-order valence-corrected chi connectivity index (χ1v) is 9.14. The molecule has 17 heteroatoms. The molecule has 0 saturated carbocycles. The van der Waals surface area contributed by atoms with Gasteiger partial charge in [0.15, 0.2) is 0 Å². The normalized spacial score (nSPS) is 22.2. The van der Waals surface area contributed by atoms with Gasteiger partial charge in [-0.1, -0.05) is 0 Å². The molecule has 0 aromatic carbocycles. The van der Waals surface area contributed by atoms with Crippen LogP contribution in [-0.4, -0.2) is 87.6 Å². The van der Waals surface area contributed by atoms with E-state index in [1.54, 1.807) is 0 Å².